The first-order chi connectivity index (χ1) is 17.1. The van der Waals surface area contributed by atoms with Crippen molar-refractivity contribution in [1.82, 2.24) is 9.97 Å². The molecule has 0 amide bonds. The number of benzene rings is 4. The summed E-state index contributed by atoms with van der Waals surface area (Å²) in [4.78, 5) is 12.2. The molecule has 180 valence electrons. The molecule has 2 heterocycles. The standard InChI is InChI=1S/C32H30N2S2/c1-31(2,3)25-17-21(15-19-11-7-9-13-23(19)25)27-33-29-30(35-27)34-28(36-29)22-16-20-12-8-10-14-24(20)26(18-22)32(4,5)6/h7-18H,1-6H3. The van der Waals surface area contributed by atoms with E-state index < -0.39 is 0 Å². The zero-order valence-electron chi connectivity index (χ0n) is 21.6. The van der Waals surface area contributed by atoms with Crippen LogP contribution in [0.4, 0.5) is 0 Å². The molecule has 0 saturated heterocycles. The fraction of sp³-hybridized carbons (Fsp3) is 0.250. The highest BCUT2D eigenvalue weighted by atomic mass is 32.1. The maximum atomic E-state index is 5.07. The molecule has 0 aliphatic rings. The number of hydrogen-bond acceptors (Lipinski definition) is 4. The molecule has 36 heavy (non-hydrogen) atoms. The zero-order valence-corrected chi connectivity index (χ0v) is 23.3. The quantitative estimate of drug-likeness (QED) is 0.233. The maximum absolute atomic E-state index is 5.07. The first kappa shape index (κ1) is 23.3. The van der Waals surface area contributed by atoms with Crippen LogP contribution in [0.2, 0.25) is 0 Å². The zero-order chi connectivity index (χ0) is 25.2. The van der Waals surface area contributed by atoms with E-state index in [9.17, 15) is 0 Å². The third kappa shape index (κ3) is 4.03. The summed E-state index contributed by atoms with van der Waals surface area (Å²) in [5, 5.41) is 7.24. The number of hydrogen-bond donors (Lipinski definition) is 0. The van der Waals surface area contributed by atoms with Crippen molar-refractivity contribution in [1.29, 1.82) is 0 Å². The first-order valence-corrected chi connectivity index (χ1v) is 14.1. The minimum atomic E-state index is 0.0521. The Labute approximate surface area is 220 Å². The third-order valence-corrected chi connectivity index (χ3v) is 8.94. The Balaban J connectivity index is 1.46. The number of fused-ring (bicyclic) bond motifs is 3. The SMILES string of the molecule is CC(C)(C)c1cc(-c2nc3sc(-c4cc(C(C)(C)C)c5ccccc5c4)nc3s2)cc2ccccc12. The summed E-state index contributed by atoms with van der Waals surface area (Å²) in [6.07, 6.45) is 0. The normalized spacial score (nSPS) is 12.7. The summed E-state index contributed by atoms with van der Waals surface area (Å²) in [5.74, 6) is 0. The lowest BCUT2D eigenvalue weighted by molar-refractivity contribution is 0.596. The van der Waals surface area contributed by atoms with E-state index in [1.165, 1.54) is 43.8 Å². The van der Waals surface area contributed by atoms with Crippen LogP contribution < -0.4 is 0 Å². The van der Waals surface area contributed by atoms with E-state index in [2.05, 4.69) is 114 Å². The van der Waals surface area contributed by atoms with Gasteiger partial charge in [-0.15, -0.1) is 0 Å². The molecule has 0 aliphatic carbocycles. The second-order valence-corrected chi connectivity index (χ2v) is 13.6. The van der Waals surface area contributed by atoms with Crippen molar-refractivity contribution in [2.75, 3.05) is 0 Å². The molecular formula is C32H30N2S2. The molecule has 4 aromatic carbocycles. The minimum absolute atomic E-state index is 0.0521. The lowest BCUT2D eigenvalue weighted by Gasteiger charge is -2.22. The molecule has 0 unspecified atom stereocenters. The van der Waals surface area contributed by atoms with E-state index in [0.29, 0.717) is 0 Å². The maximum Gasteiger partial charge on any atom is 0.155 e. The number of nitrogens with zero attached hydrogens (tertiary/aromatic N) is 2. The molecule has 2 nitrogen and oxygen atoms in total. The van der Waals surface area contributed by atoms with Crippen molar-refractivity contribution in [3.8, 4) is 21.1 Å². The molecule has 4 heteroatoms. The average Bonchev–Trinajstić information content (AvgIpc) is 3.41. The van der Waals surface area contributed by atoms with E-state index in [-0.39, 0.29) is 10.8 Å². The molecule has 6 aromatic rings. The summed E-state index contributed by atoms with van der Waals surface area (Å²) in [5.41, 5.74) is 5.17. The predicted octanol–water partition coefficient (Wildman–Crippen LogP) is 9.99. The average molecular weight is 507 g/mol. The van der Waals surface area contributed by atoms with Crippen LogP contribution >= 0.6 is 22.7 Å². The summed E-state index contributed by atoms with van der Waals surface area (Å²) in [6, 6.07) is 26.5. The minimum Gasteiger partial charge on any atom is -0.223 e. The van der Waals surface area contributed by atoms with Gasteiger partial charge in [0.25, 0.3) is 0 Å². The molecule has 0 aliphatic heterocycles. The van der Waals surface area contributed by atoms with Crippen molar-refractivity contribution < 1.29 is 0 Å². The molecule has 0 bridgehead atoms. The highest BCUT2D eigenvalue weighted by molar-refractivity contribution is 7.29. The van der Waals surface area contributed by atoms with Crippen molar-refractivity contribution in [2.24, 2.45) is 0 Å². The lowest BCUT2D eigenvalue weighted by Crippen LogP contribution is -2.11. The number of rotatable bonds is 2. The summed E-state index contributed by atoms with van der Waals surface area (Å²) in [6.45, 7) is 13.7. The number of thiazole rings is 2. The Bertz CT molecular complexity index is 1600. The van der Waals surface area contributed by atoms with Gasteiger partial charge in [-0.05, 0) is 67.8 Å². The lowest BCUT2D eigenvalue weighted by atomic mass is 9.82. The van der Waals surface area contributed by atoms with E-state index in [1.54, 1.807) is 22.7 Å². The third-order valence-electron chi connectivity index (χ3n) is 6.81. The molecule has 0 saturated carbocycles. The Hall–Kier alpha value is -3.08. The first-order valence-electron chi connectivity index (χ1n) is 12.4. The fourth-order valence-electron chi connectivity index (χ4n) is 5.00. The largest absolute Gasteiger partial charge is 0.223 e. The Kier molecular flexibility index (Phi) is 5.33. The van der Waals surface area contributed by atoms with Gasteiger partial charge in [0.1, 0.15) is 10.0 Å². The van der Waals surface area contributed by atoms with Gasteiger partial charge in [0, 0.05) is 11.1 Å². The molecule has 0 radical (unpaired) electrons. The molecular weight excluding hydrogens is 477 g/mol. The van der Waals surface area contributed by atoms with Crippen molar-refractivity contribution in [3.63, 3.8) is 0 Å². The Morgan fingerprint density at radius 2 is 0.917 bits per heavy atom. The van der Waals surface area contributed by atoms with Crippen LogP contribution in [-0.4, -0.2) is 9.97 Å². The summed E-state index contributed by atoms with van der Waals surface area (Å²) >= 11 is 3.39. The fourth-order valence-corrected chi connectivity index (χ4v) is 7.01. The van der Waals surface area contributed by atoms with Gasteiger partial charge in [-0.25, -0.2) is 9.97 Å². The second-order valence-electron chi connectivity index (χ2n) is 11.6. The molecule has 0 spiro atoms. The van der Waals surface area contributed by atoms with E-state index >= 15 is 0 Å². The van der Waals surface area contributed by atoms with Gasteiger partial charge in [-0.3, -0.25) is 0 Å². The Morgan fingerprint density at radius 3 is 1.31 bits per heavy atom. The Morgan fingerprint density at radius 1 is 0.528 bits per heavy atom. The van der Waals surface area contributed by atoms with E-state index in [0.717, 1.165) is 19.7 Å². The smallest absolute Gasteiger partial charge is 0.155 e. The van der Waals surface area contributed by atoms with Crippen LogP contribution in [0.3, 0.4) is 0 Å². The van der Waals surface area contributed by atoms with Crippen LogP contribution in [0.5, 0.6) is 0 Å². The van der Waals surface area contributed by atoms with Crippen LogP contribution in [-0.2, 0) is 10.8 Å². The van der Waals surface area contributed by atoms with Gasteiger partial charge in [-0.2, -0.15) is 0 Å². The van der Waals surface area contributed by atoms with Gasteiger partial charge in [-0.1, -0.05) is 113 Å². The summed E-state index contributed by atoms with van der Waals surface area (Å²) < 4.78 is 0. The van der Waals surface area contributed by atoms with Gasteiger partial charge < -0.3 is 0 Å². The van der Waals surface area contributed by atoms with Crippen molar-refractivity contribution in [3.05, 3.63) is 83.9 Å². The number of aromatic nitrogens is 2. The molecule has 0 N–H and O–H groups in total. The topological polar surface area (TPSA) is 25.8 Å². The van der Waals surface area contributed by atoms with Gasteiger partial charge in [0.15, 0.2) is 9.66 Å². The molecule has 2 aromatic heterocycles. The monoisotopic (exact) mass is 506 g/mol. The second kappa shape index (κ2) is 8.22. The van der Waals surface area contributed by atoms with Crippen LogP contribution in [0.1, 0.15) is 52.7 Å². The molecule has 6 rings (SSSR count). The molecule has 0 atom stereocenters. The van der Waals surface area contributed by atoms with Gasteiger partial charge in [0.05, 0.1) is 0 Å². The van der Waals surface area contributed by atoms with Crippen molar-refractivity contribution in [2.45, 2.75) is 52.4 Å². The van der Waals surface area contributed by atoms with Gasteiger partial charge >= 0.3 is 0 Å². The van der Waals surface area contributed by atoms with Crippen molar-refractivity contribution >= 4 is 53.9 Å². The van der Waals surface area contributed by atoms with Gasteiger partial charge in [0.2, 0.25) is 0 Å². The predicted molar refractivity (Wildman–Crippen MR) is 159 cm³/mol. The van der Waals surface area contributed by atoms with Crippen LogP contribution in [0.15, 0.2) is 72.8 Å². The molecule has 0 fully saturated rings. The highest BCUT2D eigenvalue weighted by Crippen LogP contribution is 2.41. The van der Waals surface area contributed by atoms with Crippen LogP contribution in [0.25, 0.3) is 52.3 Å². The van der Waals surface area contributed by atoms with Crippen LogP contribution in [0, 0.1) is 0 Å². The highest BCUT2D eigenvalue weighted by Gasteiger charge is 2.22. The van der Waals surface area contributed by atoms with E-state index in [4.69, 9.17) is 9.97 Å². The summed E-state index contributed by atoms with van der Waals surface area (Å²) in [7, 11) is 0. The van der Waals surface area contributed by atoms with E-state index in [1.807, 2.05) is 0 Å².